The third-order valence-corrected chi connectivity index (χ3v) is 5.75. The quantitative estimate of drug-likeness (QED) is 0.734. The SMILES string of the molecule is CCS(=O)(=O)c1ccc2oc(-c3ccc(NC(=O)C(C)C)cc3)nc2c1. The molecule has 0 saturated carbocycles. The van der Waals surface area contributed by atoms with Gasteiger partial charge in [-0.2, -0.15) is 0 Å². The highest BCUT2D eigenvalue weighted by Crippen LogP contribution is 2.27. The molecule has 26 heavy (non-hydrogen) atoms. The van der Waals surface area contributed by atoms with Crippen LogP contribution < -0.4 is 5.32 Å². The van der Waals surface area contributed by atoms with Gasteiger partial charge in [0, 0.05) is 17.2 Å². The number of oxazole rings is 1. The van der Waals surface area contributed by atoms with Crippen molar-refractivity contribution in [3.05, 3.63) is 42.5 Å². The van der Waals surface area contributed by atoms with Crippen LogP contribution in [-0.2, 0) is 14.6 Å². The first-order chi connectivity index (χ1) is 12.3. The lowest BCUT2D eigenvalue weighted by Crippen LogP contribution is -2.17. The van der Waals surface area contributed by atoms with E-state index < -0.39 is 9.84 Å². The van der Waals surface area contributed by atoms with Crippen LogP contribution >= 0.6 is 0 Å². The van der Waals surface area contributed by atoms with Crippen LogP contribution in [0.5, 0.6) is 0 Å². The van der Waals surface area contributed by atoms with Crippen LogP contribution in [0.2, 0.25) is 0 Å². The predicted octanol–water partition coefficient (Wildman–Crippen LogP) is 3.88. The Labute approximate surface area is 152 Å². The molecule has 1 amide bonds. The Hall–Kier alpha value is -2.67. The number of amides is 1. The molecule has 0 aliphatic carbocycles. The normalized spacial score (nSPS) is 11.8. The Kier molecular flexibility index (Phi) is 4.82. The lowest BCUT2D eigenvalue weighted by Gasteiger charge is -2.07. The van der Waals surface area contributed by atoms with Crippen LogP contribution in [0.3, 0.4) is 0 Å². The number of hydrogen-bond donors (Lipinski definition) is 1. The van der Waals surface area contributed by atoms with Gasteiger partial charge in [0.25, 0.3) is 0 Å². The average Bonchev–Trinajstić information content (AvgIpc) is 3.05. The summed E-state index contributed by atoms with van der Waals surface area (Å²) in [7, 11) is -3.29. The second kappa shape index (κ2) is 6.92. The molecule has 1 heterocycles. The molecule has 0 fully saturated rings. The van der Waals surface area contributed by atoms with Gasteiger partial charge in [0.2, 0.25) is 11.8 Å². The van der Waals surface area contributed by atoms with Crippen LogP contribution in [0.25, 0.3) is 22.6 Å². The summed E-state index contributed by atoms with van der Waals surface area (Å²) in [5.41, 5.74) is 2.45. The number of nitrogens with one attached hydrogen (secondary N) is 1. The van der Waals surface area contributed by atoms with Crippen LogP contribution in [0, 0.1) is 5.92 Å². The first-order valence-corrected chi connectivity index (χ1v) is 10.00. The zero-order chi connectivity index (χ0) is 18.9. The van der Waals surface area contributed by atoms with E-state index in [0.29, 0.717) is 22.7 Å². The highest BCUT2D eigenvalue weighted by molar-refractivity contribution is 7.91. The number of rotatable bonds is 5. The number of benzene rings is 2. The minimum atomic E-state index is -3.29. The Morgan fingerprint density at radius 2 is 1.85 bits per heavy atom. The summed E-state index contributed by atoms with van der Waals surface area (Å²) < 4.78 is 29.7. The predicted molar refractivity (Wildman–Crippen MR) is 101 cm³/mol. The fourth-order valence-electron chi connectivity index (χ4n) is 2.37. The van der Waals surface area contributed by atoms with Crippen molar-refractivity contribution in [2.75, 3.05) is 11.1 Å². The third-order valence-electron chi connectivity index (χ3n) is 4.02. The van der Waals surface area contributed by atoms with E-state index in [-0.39, 0.29) is 22.5 Å². The van der Waals surface area contributed by atoms with Crippen molar-refractivity contribution in [3.63, 3.8) is 0 Å². The molecule has 1 aromatic heterocycles. The number of aromatic nitrogens is 1. The van der Waals surface area contributed by atoms with Gasteiger partial charge in [-0.3, -0.25) is 4.79 Å². The van der Waals surface area contributed by atoms with Crippen LogP contribution in [-0.4, -0.2) is 25.1 Å². The van der Waals surface area contributed by atoms with E-state index in [4.69, 9.17) is 4.42 Å². The molecule has 136 valence electrons. The second-order valence-corrected chi connectivity index (χ2v) is 8.55. The Morgan fingerprint density at radius 1 is 1.15 bits per heavy atom. The molecule has 0 aliphatic heterocycles. The van der Waals surface area contributed by atoms with Crippen molar-refractivity contribution in [2.45, 2.75) is 25.7 Å². The van der Waals surface area contributed by atoms with Gasteiger partial charge >= 0.3 is 0 Å². The molecule has 0 radical (unpaired) electrons. The maximum Gasteiger partial charge on any atom is 0.227 e. The minimum absolute atomic E-state index is 0.0345. The lowest BCUT2D eigenvalue weighted by molar-refractivity contribution is -0.118. The molecule has 3 rings (SSSR count). The maximum atomic E-state index is 12.0. The van der Waals surface area contributed by atoms with E-state index in [1.54, 1.807) is 37.3 Å². The molecule has 1 N–H and O–H groups in total. The largest absolute Gasteiger partial charge is 0.436 e. The van der Waals surface area contributed by atoms with Gasteiger partial charge in [0.05, 0.1) is 10.6 Å². The molecule has 0 saturated heterocycles. The number of nitrogens with zero attached hydrogens (tertiary/aromatic N) is 1. The van der Waals surface area contributed by atoms with Gasteiger partial charge in [0.1, 0.15) is 5.52 Å². The van der Waals surface area contributed by atoms with Crippen molar-refractivity contribution in [3.8, 4) is 11.5 Å². The second-order valence-electron chi connectivity index (χ2n) is 6.27. The van der Waals surface area contributed by atoms with Crippen LogP contribution in [0.4, 0.5) is 5.69 Å². The molecule has 2 aromatic carbocycles. The van der Waals surface area contributed by atoms with Gasteiger partial charge in [0.15, 0.2) is 15.4 Å². The topological polar surface area (TPSA) is 89.3 Å². The average molecular weight is 372 g/mol. The van der Waals surface area contributed by atoms with E-state index in [2.05, 4.69) is 10.3 Å². The number of carbonyl (C=O) groups excluding carboxylic acids is 1. The van der Waals surface area contributed by atoms with E-state index in [9.17, 15) is 13.2 Å². The number of anilines is 1. The summed E-state index contributed by atoms with van der Waals surface area (Å²) >= 11 is 0. The van der Waals surface area contributed by atoms with Gasteiger partial charge in [-0.1, -0.05) is 20.8 Å². The summed E-state index contributed by atoms with van der Waals surface area (Å²) in [6.45, 7) is 5.26. The van der Waals surface area contributed by atoms with Gasteiger partial charge in [-0.25, -0.2) is 13.4 Å². The smallest absolute Gasteiger partial charge is 0.227 e. The van der Waals surface area contributed by atoms with Crippen molar-refractivity contribution in [2.24, 2.45) is 5.92 Å². The number of hydrogen-bond acceptors (Lipinski definition) is 5. The molecule has 7 heteroatoms. The summed E-state index contributed by atoms with van der Waals surface area (Å²) in [4.78, 5) is 16.4. The molecular formula is C19H20N2O4S. The van der Waals surface area contributed by atoms with E-state index in [0.717, 1.165) is 5.56 Å². The first-order valence-electron chi connectivity index (χ1n) is 8.35. The maximum absolute atomic E-state index is 12.0. The Morgan fingerprint density at radius 3 is 2.46 bits per heavy atom. The summed E-state index contributed by atoms with van der Waals surface area (Å²) in [5.74, 6) is 0.282. The van der Waals surface area contributed by atoms with Crippen LogP contribution in [0.15, 0.2) is 51.8 Å². The van der Waals surface area contributed by atoms with E-state index in [1.807, 2.05) is 13.8 Å². The molecule has 0 aliphatic rings. The van der Waals surface area contributed by atoms with Crippen molar-refractivity contribution in [1.29, 1.82) is 0 Å². The third kappa shape index (κ3) is 3.62. The van der Waals surface area contributed by atoms with E-state index >= 15 is 0 Å². The monoisotopic (exact) mass is 372 g/mol. The number of fused-ring (bicyclic) bond motifs is 1. The Bertz CT molecular complexity index is 1050. The van der Waals surface area contributed by atoms with Gasteiger partial charge in [-0.15, -0.1) is 0 Å². The van der Waals surface area contributed by atoms with Crippen molar-refractivity contribution >= 4 is 32.5 Å². The zero-order valence-electron chi connectivity index (χ0n) is 14.8. The first kappa shape index (κ1) is 18.1. The van der Waals surface area contributed by atoms with Crippen LogP contribution in [0.1, 0.15) is 20.8 Å². The zero-order valence-corrected chi connectivity index (χ0v) is 15.6. The molecule has 3 aromatic rings. The van der Waals surface area contributed by atoms with Gasteiger partial charge < -0.3 is 9.73 Å². The number of sulfone groups is 1. The van der Waals surface area contributed by atoms with E-state index in [1.165, 1.54) is 12.1 Å². The standard InChI is InChI=1S/C19H20N2O4S/c1-4-26(23,24)15-9-10-17-16(11-15)21-19(25-17)13-5-7-14(8-6-13)20-18(22)12(2)3/h5-12H,4H2,1-3H3,(H,20,22). The molecule has 0 spiro atoms. The highest BCUT2D eigenvalue weighted by atomic mass is 32.2. The number of carbonyl (C=O) groups is 1. The molecular weight excluding hydrogens is 352 g/mol. The minimum Gasteiger partial charge on any atom is -0.436 e. The fraction of sp³-hybridized carbons (Fsp3) is 0.263. The molecule has 6 nitrogen and oxygen atoms in total. The van der Waals surface area contributed by atoms with Gasteiger partial charge in [-0.05, 0) is 42.5 Å². The molecule has 0 unspecified atom stereocenters. The summed E-state index contributed by atoms with van der Waals surface area (Å²) in [5, 5.41) is 2.82. The molecule has 0 atom stereocenters. The fourth-order valence-corrected chi connectivity index (χ4v) is 3.27. The lowest BCUT2D eigenvalue weighted by atomic mass is 10.1. The highest BCUT2D eigenvalue weighted by Gasteiger charge is 2.15. The Balaban J connectivity index is 1.90. The van der Waals surface area contributed by atoms with Crippen molar-refractivity contribution < 1.29 is 17.6 Å². The summed E-state index contributed by atoms with van der Waals surface area (Å²) in [6, 6.07) is 11.8. The summed E-state index contributed by atoms with van der Waals surface area (Å²) in [6.07, 6.45) is 0. The van der Waals surface area contributed by atoms with Crippen molar-refractivity contribution in [1.82, 2.24) is 4.98 Å². The molecule has 0 bridgehead atoms.